The summed E-state index contributed by atoms with van der Waals surface area (Å²) in [4.78, 5) is 0. The van der Waals surface area contributed by atoms with Crippen molar-refractivity contribution >= 4 is 9.84 Å². The molecule has 5 nitrogen and oxygen atoms in total. The topological polar surface area (TPSA) is 64.0 Å². The van der Waals surface area contributed by atoms with Crippen molar-refractivity contribution in [1.82, 2.24) is 15.1 Å². The van der Waals surface area contributed by atoms with E-state index in [1.807, 2.05) is 67.7 Å². The lowest BCUT2D eigenvalue weighted by Crippen LogP contribution is -2.14. The van der Waals surface area contributed by atoms with Gasteiger partial charge in [-0.15, -0.1) is 0 Å². The first-order valence-electron chi connectivity index (χ1n) is 8.10. The summed E-state index contributed by atoms with van der Waals surface area (Å²) < 4.78 is 27.5. The van der Waals surface area contributed by atoms with E-state index in [0.717, 1.165) is 11.1 Å². The first-order valence-corrected chi connectivity index (χ1v) is 9.75. The minimum Gasteiger partial charge on any atom is -0.314 e. The molecular formula is C19H21N3O2S. The molecule has 0 aliphatic rings. The molecule has 3 rings (SSSR count). The standard InChI is InChI=1S/C19H21N3O2S/c1-20-13-18-12-19(22(21-18)14-16-8-4-2-5-9-16)25(23,24)15-17-10-6-3-7-11-17/h2-12,20H,13-15H2,1H3. The van der Waals surface area contributed by atoms with Gasteiger partial charge in [0.25, 0.3) is 0 Å². The molecule has 0 saturated heterocycles. The Morgan fingerprint density at radius 1 is 0.960 bits per heavy atom. The van der Waals surface area contributed by atoms with Crippen LogP contribution in [-0.2, 0) is 28.7 Å². The van der Waals surface area contributed by atoms with Gasteiger partial charge in [-0.2, -0.15) is 5.10 Å². The van der Waals surface area contributed by atoms with Crippen LogP contribution < -0.4 is 5.32 Å². The van der Waals surface area contributed by atoms with Crippen LogP contribution in [0.5, 0.6) is 0 Å². The van der Waals surface area contributed by atoms with Gasteiger partial charge in [0.15, 0.2) is 14.9 Å². The zero-order valence-electron chi connectivity index (χ0n) is 14.1. The summed E-state index contributed by atoms with van der Waals surface area (Å²) in [6, 6.07) is 20.6. The second-order valence-electron chi connectivity index (χ2n) is 5.89. The molecule has 0 unspecified atom stereocenters. The van der Waals surface area contributed by atoms with Crippen molar-refractivity contribution in [3.05, 3.63) is 83.6 Å². The number of sulfone groups is 1. The van der Waals surface area contributed by atoms with Gasteiger partial charge in [0, 0.05) is 6.54 Å². The van der Waals surface area contributed by atoms with E-state index in [1.54, 1.807) is 10.7 Å². The van der Waals surface area contributed by atoms with Crippen LogP contribution in [0, 0.1) is 0 Å². The van der Waals surface area contributed by atoms with E-state index in [-0.39, 0.29) is 10.8 Å². The molecule has 3 aromatic rings. The van der Waals surface area contributed by atoms with Gasteiger partial charge in [0.2, 0.25) is 0 Å². The molecule has 0 radical (unpaired) electrons. The van der Waals surface area contributed by atoms with E-state index in [0.29, 0.717) is 18.8 Å². The summed E-state index contributed by atoms with van der Waals surface area (Å²) in [7, 11) is -1.68. The number of nitrogens with zero attached hydrogens (tertiary/aromatic N) is 2. The molecule has 1 aromatic heterocycles. The third-order valence-electron chi connectivity index (χ3n) is 3.84. The van der Waals surface area contributed by atoms with E-state index in [9.17, 15) is 8.42 Å². The highest BCUT2D eigenvalue weighted by Gasteiger charge is 2.22. The molecule has 1 N–H and O–H groups in total. The minimum absolute atomic E-state index is 0.0344. The lowest BCUT2D eigenvalue weighted by Gasteiger charge is -2.09. The van der Waals surface area contributed by atoms with Gasteiger partial charge in [-0.25, -0.2) is 13.1 Å². The van der Waals surface area contributed by atoms with Crippen LogP contribution in [0.15, 0.2) is 71.8 Å². The zero-order chi connectivity index (χ0) is 17.7. The van der Waals surface area contributed by atoms with Crippen LogP contribution in [0.3, 0.4) is 0 Å². The van der Waals surface area contributed by atoms with Crippen LogP contribution >= 0.6 is 0 Å². The minimum atomic E-state index is -3.49. The smallest absolute Gasteiger partial charge is 0.199 e. The average molecular weight is 355 g/mol. The van der Waals surface area contributed by atoms with Gasteiger partial charge in [0.05, 0.1) is 18.0 Å². The number of rotatable bonds is 7. The molecule has 0 atom stereocenters. The molecule has 1 heterocycles. The average Bonchev–Trinajstić information content (AvgIpc) is 3.00. The van der Waals surface area contributed by atoms with Crippen LogP contribution in [0.4, 0.5) is 0 Å². The maximum Gasteiger partial charge on any atom is 0.199 e. The van der Waals surface area contributed by atoms with E-state index < -0.39 is 9.84 Å². The Kier molecular flexibility index (Phi) is 5.31. The summed E-state index contributed by atoms with van der Waals surface area (Å²) in [5, 5.41) is 7.75. The molecule has 0 aliphatic carbocycles. The van der Waals surface area contributed by atoms with Crippen LogP contribution in [-0.4, -0.2) is 25.2 Å². The third-order valence-corrected chi connectivity index (χ3v) is 5.52. The Morgan fingerprint density at radius 3 is 2.16 bits per heavy atom. The molecular weight excluding hydrogens is 334 g/mol. The Balaban J connectivity index is 1.95. The lowest BCUT2D eigenvalue weighted by molar-refractivity contribution is 0.559. The second kappa shape index (κ2) is 7.63. The number of nitrogens with one attached hydrogen (secondary N) is 1. The van der Waals surface area contributed by atoms with Crippen molar-refractivity contribution in [1.29, 1.82) is 0 Å². The van der Waals surface area contributed by atoms with Crippen LogP contribution in [0.1, 0.15) is 16.8 Å². The summed E-state index contributed by atoms with van der Waals surface area (Å²) in [5.41, 5.74) is 2.49. The van der Waals surface area contributed by atoms with E-state index in [1.165, 1.54) is 0 Å². The summed E-state index contributed by atoms with van der Waals surface area (Å²) >= 11 is 0. The molecule has 0 aliphatic heterocycles. The number of benzene rings is 2. The first-order chi connectivity index (χ1) is 12.1. The molecule has 2 aromatic carbocycles. The third kappa shape index (κ3) is 4.35. The predicted molar refractivity (Wildman–Crippen MR) is 97.9 cm³/mol. The Labute approximate surface area is 148 Å². The number of hydrogen-bond acceptors (Lipinski definition) is 4. The molecule has 0 fully saturated rings. The largest absolute Gasteiger partial charge is 0.314 e. The van der Waals surface area contributed by atoms with Crippen molar-refractivity contribution < 1.29 is 8.42 Å². The van der Waals surface area contributed by atoms with Gasteiger partial charge in [-0.05, 0) is 24.2 Å². The summed E-state index contributed by atoms with van der Waals surface area (Å²) in [6.07, 6.45) is 0. The number of hydrogen-bond donors (Lipinski definition) is 1. The highest BCUT2D eigenvalue weighted by Crippen LogP contribution is 2.19. The van der Waals surface area contributed by atoms with E-state index >= 15 is 0 Å². The van der Waals surface area contributed by atoms with Gasteiger partial charge < -0.3 is 5.32 Å². The fraction of sp³-hybridized carbons (Fsp3) is 0.211. The Hall–Kier alpha value is -2.44. The summed E-state index contributed by atoms with van der Waals surface area (Å²) in [6.45, 7) is 0.948. The monoisotopic (exact) mass is 355 g/mol. The highest BCUT2D eigenvalue weighted by atomic mass is 32.2. The van der Waals surface area contributed by atoms with Crippen molar-refractivity contribution in [2.24, 2.45) is 0 Å². The SMILES string of the molecule is CNCc1cc(S(=O)(=O)Cc2ccccc2)n(Cc2ccccc2)n1. The molecule has 0 spiro atoms. The maximum absolute atomic E-state index is 12.9. The maximum atomic E-state index is 12.9. The second-order valence-corrected chi connectivity index (χ2v) is 7.83. The molecule has 130 valence electrons. The fourth-order valence-electron chi connectivity index (χ4n) is 2.71. The Bertz CT molecular complexity index is 920. The molecule has 25 heavy (non-hydrogen) atoms. The van der Waals surface area contributed by atoms with Gasteiger partial charge in [-0.3, -0.25) is 0 Å². The molecule has 6 heteroatoms. The first kappa shape index (κ1) is 17.4. The van der Waals surface area contributed by atoms with Crippen molar-refractivity contribution in [2.75, 3.05) is 7.05 Å². The molecule has 0 saturated carbocycles. The lowest BCUT2D eigenvalue weighted by atomic mass is 10.2. The number of aromatic nitrogens is 2. The molecule has 0 bridgehead atoms. The normalized spacial score (nSPS) is 11.6. The van der Waals surface area contributed by atoms with Crippen molar-refractivity contribution in [2.45, 2.75) is 23.9 Å². The fourth-order valence-corrected chi connectivity index (χ4v) is 4.23. The van der Waals surface area contributed by atoms with Crippen LogP contribution in [0.25, 0.3) is 0 Å². The summed E-state index contributed by atoms with van der Waals surface area (Å²) in [5.74, 6) is -0.0344. The zero-order valence-corrected chi connectivity index (χ0v) is 14.9. The van der Waals surface area contributed by atoms with Crippen LogP contribution in [0.2, 0.25) is 0 Å². The van der Waals surface area contributed by atoms with E-state index in [4.69, 9.17) is 0 Å². The quantitative estimate of drug-likeness (QED) is 0.708. The Morgan fingerprint density at radius 2 is 1.56 bits per heavy atom. The van der Waals surface area contributed by atoms with Gasteiger partial charge >= 0.3 is 0 Å². The van der Waals surface area contributed by atoms with E-state index in [2.05, 4.69) is 10.4 Å². The van der Waals surface area contributed by atoms with Crippen molar-refractivity contribution in [3.8, 4) is 0 Å². The van der Waals surface area contributed by atoms with Gasteiger partial charge in [-0.1, -0.05) is 60.7 Å². The molecule has 0 amide bonds. The van der Waals surface area contributed by atoms with Gasteiger partial charge in [0.1, 0.15) is 0 Å². The highest BCUT2D eigenvalue weighted by molar-refractivity contribution is 7.90. The predicted octanol–water partition coefficient (Wildman–Crippen LogP) is 2.62. The van der Waals surface area contributed by atoms with Crippen molar-refractivity contribution in [3.63, 3.8) is 0 Å².